The van der Waals surface area contributed by atoms with Crippen molar-refractivity contribution < 1.29 is 4.92 Å². The number of benzene rings is 1. The van der Waals surface area contributed by atoms with Crippen LogP contribution in [0.4, 0.5) is 17.2 Å². The predicted molar refractivity (Wildman–Crippen MR) is 77.0 cm³/mol. The van der Waals surface area contributed by atoms with Crippen molar-refractivity contribution in [2.45, 2.75) is 0 Å². The average Bonchev–Trinajstić information content (AvgIpc) is 2.37. The van der Waals surface area contributed by atoms with Gasteiger partial charge < -0.3 is 10.7 Å². The Labute approximate surface area is 117 Å². The van der Waals surface area contributed by atoms with Crippen LogP contribution in [0, 0.1) is 14.9 Å². The number of nitrogen functional groups attached to an aromatic ring is 1. The molecule has 0 saturated heterocycles. The van der Waals surface area contributed by atoms with Crippen LogP contribution < -0.4 is 11.3 Å². The highest BCUT2D eigenvalue weighted by Crippen LogP contribution is 2.14. The van der Waals surface area contributed by atoms with Crippen LogP contribution in [0.1, 0.15) is 5.56 Å². The quantitative estimate of drug-likeness (QED) is 0.343. The van der Waals surface area contributed by atoms with Gasteiger partial charge in [0.1, 0.15) is 5.82 Å². The third-order valence-electron chi connectivity index (χ3n) is 2.37. The molecule has 4 N–H and O–H groups in total. The van der Waals surface area contributed by atoms with E-state index in [1.165, 1.54) is 24.4 Å². The first-order valence-corrected chi connectivity index (χ1v) is 5.79. The molecule has 1 aromatic heterocycles. The molecule has 0 aliphatic heterocycles. The summed E-state index contributed by atoms with van der Waals surface area (Å²) >= 11 is 4.75. The van der Waals surface area contributed by atoms with Crippen LogP contribution in [0.5, 0.6) is 0 Å². The first kappa shape index (κ1) is 13.6. The third kappa shape index (κ3) is 2.95. The summed E-state index contributed by atoms with van der Waals surface area (Å²) in [4.78, 5) is 30.6. The fraction of sp³-hybridized carbons (Fsp3) is 0. The standard InChI is InChI=1S/C11H9N5O3S/c12-9-8(10(17)15-11(20)14-9)13-5-6-2-1-3-7(4-6)16(18)19/h1-5H,(H4,12,14,15,17,20). The zero-order chi connectivity index (χ0) is 14.7. The van der Waals surface area contributed by atoms with Crippen molar-refractivity contribution in [1.82, 2.24) is 9.97 Å². The molecule has 0 fully saturated rings. The fourth-order valence-electron chi connectivity index (χ4n) is 1.48. The number of non-ortho nitro benzene ring substituents is 1. The Morgan fingerprint density at radius 1 is 1.40 bits per heavy atom. The van der Waals surface area contributed by atoms with Gasteiger partial charge in [0.05, 0.1) is 4.92 Å². The largest absolute Gasteiger partial charge is 0.383 e. The van der Waals surface area contributed by atoms with Crippen LogP contribution >= 0.6 is 12.2 Å². The average molecular weight is 291 g/mol. The van der Waals surface area contributed by atoms with Gasteiger partial charge in [-0.25, -0.2) is 4.99 Å². The van der Waals surface area contributed by atoms with E-state index in [0.29, 0.717) is 5.56 Å². The number of aromatic nitrogens is 2. The van der Waals surface area contributed by atoms with Crippen LogP contribution in [-0.2, 0) is 0 Å². The number of aliphatic imine (C=N–C) groups is 1. The van der Waals surface area contributed by atoms with Gasteiger partial charge in [0.15, 0.2) is 10.5 Å². The second kappa shape index (κ2) is 5.45. The summed E-state index contributed by atoms with van der Waals surface area (Å²) in [6.45, 7) is 0. The number of anilines is 1. The summed E-state index contributed by atoms with van der Waals surface area (Å²) in [6.07, 6.45) is 1.31. The molecule has 20 heavy (non-hydrogen) atoms. The molecule has 1 aromatic carbocycles. The molecular weight excluding hydrogens is 282 g/mol. The third-order valence-corrected chi connectivity index (χ3v) is 2.57. The minimum absolute atomic E-state index is 0.0282. The maximum absolute atomic E-state index is 11.6. The van der Waals surface area contributed by atoms with Crippen molar-refractivity contribution in [2.24, 2.45) is 4.99 Å². The van der Waals surface area contributed by atoms with Crippen LogP contribution in [-0.4, -0.2) is 21.1 Å². The summed E-state index contributed by atoms with van der Waals surface area (Å²) in [5.41, 5.74) is 5.44. The molecule has 0 saturated carbocycles. The summed E-state index contributed by atoms with van der Waals surface area (Å²) < 4.78 is 0.0989. The Balaban J connectivity index is 2.40. The van der Waals surface area contributed by atoms with Crippen LogP contribution in [0.25, 0.3) is 0 Å². The number of H-pyrrole nitrogens is 2. The Morgan fingerprint density at radius 3 is 2.80 bits per heavy atom. The molecule has 0 amide bonds. The summed E-state index contributed by atoms with van der Waals surface area (Å²) in [7, 11) is 0. The number of nitro groups is 1. The molecular formula is C11H9N5O3S. The highest BCUT2D eigenvalue weighted by molar-refractivity contribution is 7.71. The number of nitrogens with one attached hydrogen (secondary N) is 2. The van der Waals surface area contributed by atoms with E-state index in [-0.39, 0.29) is 22.0 Å². The number of aromatic amines is 2. The molecule has 9 heteroatoms. The molecule has 0 atom stereocenters. The molecule has 0 bridgehead atoms. The van der Waals surface area contributed by atoms with E-state index in [9.17, 15) is 14.9 Å². The number of hydrogen-bond donors (Lipinski definition) is 3. The van der Waals surface area contributed by atoms with Gasteiger partial charge in [-0.15, -0.1) is 0 Å². The van der Waals surface area contributed by atoms with Crippen LogP contribution in [0.3, 0.4) is 0 Å². The van der Waals surface area contributed by atoms with Gasteiger partial charge in [-0.3, -0.25) is 19.9 Å². The number of nitrogens with zero attached hydrogens (tertiary/aromatic N) is 2. The van der Waals surface area contributed by atoms with Gasteiger partial charge in [-0.1, -0.05) is 12.1 Å². The summed E-state index contributed by atoms with van der Waals surface area (Å²) in [5, 5.41) is 10.6. The number of hydrogen-bond acceptors (Lipinski definition) is 6. The van der Waals surface area contributed by atoms with Crippen LogP contribution in [0.2, 0.25) is 0 Å². The molecule has 8 nitrogen and oxygen atoms in total. The van der Waals surface area contributed by atoms with E-state index >= 15 is 0 Å². The zero-order valence-electron chi connectivity index (χ0n) is 9.99. The SMILES string of the molecule is Nc1[nH]c(=S)[nH]c(=O)c1N=Cc1cccc([N+](=O)[O-])c1. The van der Waals surface area contributed by atoms with Gasteiger partial charge in [0, 0.05) is 18.3 Å². The lowest BCUT2D eigenvalue weighted by Crippen LogP contribution is -2.10. The first-order chi connectivity index (χ1) is 9.47. The topological polar surface area (TPSA) is 130 Å². The molecule has 0 aliphatic rings. The molecule has 2 rings (SSSR count). The molecule has 0 aliphatic carbocycles. The number of rotatable bonds is 3. The molecule has 0 radical (unpaired) electrons. The second-order valence-corrected chi connectivity index (χ2v) is 4.19. The normalized spacial score (nSPS) is 10.8. The number of nitro benzene ring substituents is 1. The van der Waals surface area contributed by atoms with E-state index in [0.717, 1.165) is 0 Å². The van der Waals surface area contributed by atoms with Crippen LogP contribution in [0.15, 0.2) is 34.1 Å². The number of nitrogens with two attached hydrogens (primary N) is 1. The molecule has 102 valence electrons. The van der Waals surface area contributed by atoms with Crippen molar-refractivity contribution in [3.63, 3.8) is 0 Å². The van der Waals surface area contributed by atoms with E-state index in [1.54, 1.807) is 6.07 Å². The lowest BCUT2D eigenvalue weighted by atomic mass is 10.2. The maximum Gasteiger partial charge on any atom is 0.279 e. The minimum Gasteiger partial charge on any atom is -0.383 e. The van der Waals surface area contributed by atoms with Crippen molar-refractivity contribution in [3.8, 4) is 0 Å². The van der Waals surface area contributed by atoms with Crippen molar-refractivity contribution in [1.29, 1.82) is 0 Å². The van der Waals surface area contributed by atoms with Gasteiger partial charge in [-0.05, 0) is 17.8 Å². The van der Waals surface area contributed by atoms with E-state index in [2.05, 4.69) is 15.0 Å². The van der Waals surface area contributed by atoms with E-state index in [1.807, 2.05) is 0 Å². The Kier molecular flexibility index (Phi) is 3.71. The fourth-order valence-corrected chi connectivity index (χ4v) is 1.69. The highest BCUT2D eigenvalue weighted by Gasteiger charge is 2.06. The first-order valence-electron chi connectivity index (χ1n) is 5.38. The monoisotopic (exact) mass is 291 g/mol. The Hall–Kier alpha value is -2.81. The molecule has 0 unspecified atom stereocenters. The Morgan fingerprint density at radius 2 is 2.15 bits per heavy atom. The molecule has 0 spiro atoms. The second-order valence-electron chi connectivity index (χ2n) is 3.78. The summed E-state index contributed by atoms with van der Waals surface area (Å²) in [6, 6.07) is 5.83. The van der Waals surface area contributed by atoms with Crippen molar-refractivity contribution in [3.05, 3.63) is 55.1 Å². The molecule has 1 heterocycles. The zero-order valence-corrected chi connectivity index (χ0v) is 10.8. The lowest BCUT2D eigenvalue weighted by Gasteiger charge is -1.98. The predicted octanol–water partition coefficient (Wildman–Crippen LogP) is 1.67. The van der Waals surface area contributed by atoms with Crippen molar-refractivity contribution >= 4 is 35.6 Å². The summed E-state index contributed by atoms with van der Waals surface area (Å²) in [5.74, 6) is 0.0282. The lowest BCUT2D eigenvalue weighted by molar-refractivity contribution is -0.384. The van der Waals surface area contributed by atoms with Gasteiger partial charge >= 0.3 is 0 Å². The van der Waals surface area contributed by atoms with Crippen molar-refractivity contribution in [2.75, 3.05) is 5.73 Å². The smallest absolute Gasteiger partial charge is 0.279 e. The van der Waals surface area contributed by atoms with E-state index in [4.69, 9.17) is 18.0 Å². The molecule has 2 aromatic rings. The maximum atomic E-state index is 11.6. The minimum atomic E-state index is -0.534. The van der Waals surface area contributed by atoms with Gasteiger partial charge in [-0.2, -0.15) is 0 Å². The van der Waals surface area contributed by atoms with Gasteiger partial charge in [0.25, 0.3) is 11.2 Å². The van der Waals surface area contributed by atoms with Gasteiger partial charge in [0.2, 0.25) is 0 Å². The Bertz CT molecular complexity index is 808. The highest BCUT2D eigenvalue weighted by atomic mass is 32.1. The van der Waals surface area contributed by atoms with E-state index < -0.39 is 10.5 Å².